The van der Waals surface area contributed by atoms with Crippen molar-refractivity contribution in [3.63, 3.8) is 0 Å². The van der Waals surface area contributed by atoms with Gasteiger partial charge in [0.15, 0.2) is 6.20 Å². The Morgan fingerprint density at radius 2 is 1.33 bits per heavy atom. The zero-order chi connectivity index (χ0) is 27.7. The van der Waals surface area contributed by atoms with Gasteiger partial charge in [-0.2, -0.15) is 0 Å². The highest BCUT2D eigenvalue weighted by Crippen LogP contribution is 2.39. The smallest absolute Gasteiger partial charge is 0.216 e. The maximum Gasteiger partial charge on any atom is 0.216 e. The van der Waals surface area contributed by atoms with E-state index in [0.717, 1.165) is 50.1 Å². The first-order valence-electron chi connectivity index (χ1n) is 13.8. The van der Waals surface area contributed by atoms with Gasteiger partial charge >= 0.3 is 0 Å². The van der Waals surface area contributed by atoms with Gasteiger partial charge in [0.05, 0.1) is 5.56 Å². The maximum atomic E-state index is 6.71. The minimum atomic E-state index is -0.0404. The molecule has 0 spiro atoms. The van der Waals surface area contributed by atoms with E-state index in [1.807, 2.05) is 0 Å². The molecule has 0 saturated carbocycles. The van der Waals surface area contributed by atoms with Gasteiger partial charge in [0.2, 0.25) is 5.69 Å². The average molecular weight is 514 g/mol. The van der Waals surface area contributed by atoms with Crippen molar-refractivity contribution in [1.29, 1.82) is 0 Å². The van der Waals surface area contributed by atoms with E-state index in [1.165, 1.54) is 21.9 Å². The number of rotatable bonds is 2. The van der Waals surface area contributed by atoms with E-state index >= 15 is 0 Å². The third kappa shape index (κ3) is 4.40. The van der Waals surface area contributed by atoms with E-state index in [4.69, 9.17) is 9.40 Å². The van der Waals surface area contributed by atoms with Gasteiger partial charge in [-0.25, -0.2) is 4.57 Å². The number of hydrogen-bond donors (Lipinski definition) is 0. The Hall–Kier alpha value is -3.98. The van der Waals surface area contributed by atoms with Crippen LogP contribution < -0.4 is 4.57 Å². The fraction of sp³-hybridized carbons (Fsp3) is 0.278. The number of furan rings is 1. The molecule has 0 aliphatic heterocycles. The minimum absolute atomic E-state index is 0.0404. The number of aryl methyl sites for hydroxylation is 2. The van der Waals surface area contributed by atoms with Gasteiger partial charge in [-0.1, -0.05) is 77.9 Å². The molecule has 0 aliphatic carbocycles. The molecule has 0 N–H and O–H groups in total. The minimum Gasteiger partial charge on any atom is -0.455 e. The summed E-state index contributed by atoms with van der Waals surface area (Å²) in [5, 5.41) is 4.73. The lowest BCUT2D eigenvalue weighted by Gasteiger charge is -2.25. The van der Waals surface area contributed by atoms with Gasteiger partial charge in [0, 0.05) is 44.4 Å². The second kappa shape index (κ2) is 8.77. The first-order chi connectivity index (χ1) is 18.4. The lowest BCUT2D eigenvalue weighted by Crippen LogP contribution is -2.30. The van der Waals surface area contributed by atoms with Crippen molar-refractivity contribution in [1.82, 2.24) is 4.98 Å². The molecule has 0 amide bonds. The van der Waals surface area contributed by atoms with Crippen LogP contribution in [-0.2, 0) is 17.9 Å². The van der Waals surface area contributed by atoms with Crippen LogP contribution in [0.25, 0.3) is 55.1 Å². The summed E-state index contributed by atoms with van der Waals surface area (Å²) in [6.07, 6.45) is 2.20. The third-order valence-corrected chi connectivity index (χ3v) is 7.80. The predicted molar refractivity (Wildman–Crippen MR) is 163 cm³/mol. The number of aromatic nitrogens is 2. The van der Waals surface area contributed by atoms with Gasteiger partial charge in [0.25, 0.3) is 0 Å². The summed E-state index contributed by atoms with van der Waals surface area (Å²) in [5.74, 6) is 0. The van der Waals surface area contributed by atoms with E-state index in [0.29, 0.717) is 0 Å². The SMILES string of the molecule is Cc1ccc2c(oc3cc(-c4cc(C(C)(C)C)nc(C(C)(C)C)c4)ccc32)c1-c1cc2ccccc2c[n+]1C. The Morgan fingerprint density at radius 3 is 2.00 bits per heavy atom. The molecule has 39 heavy (non-hydrogen) atoms. The summed E-state index contributed by atoms with van der Waals surface area (Å²) in [6, 6.07) is 26.3. The molecule has 0 saturated heterocycles. The van der Waals surface area contributed by atoms with Crippen molar-refractivity contribution >= 4 is 32.7 Å². The van der Waals surface area contributed by atoms with Gasteiger partial charge in [-0.05, 0) is 59.3 Å². The van der Waals surface area contributed by atoms with Crippen molar-refractivity contribution in [2.24, 2.45) is 7.05 Å². The maximum absolute atomic E-state index is 6.71. The van der Waals surface area contributed by atoms with Crippen LogP contribution >= 0.6 is 0 Å². The predicted octanol–water partition coefficient (Wildman–Crippen LogP) is 9.20. The summed E-state index contributed by atoms with van der Waals surface area (Å²) in [6.45, 7) is 15.5. The zero-order valence-electron chi connectivity index (χ0n) is 24.3. The Bertz CT molecular complexity index is 1860. The largest absolute Gasteiger partial charge is 0.455 e. The van der Waals surface area contributed by atoms with Gasteiger partial charge in [0.1, 0.15) is 18.2 Å². The summed E-state index contributed by atoms with van der Waals surface area (Å²) >= 11 is 0. The lowest BCUT2D eigenvalue weighted by atomic mass is 9.85. The number of pyridine rings is 2. The van der Waals surface area contributed by atoms with Crippen LogP contribution in [0.3, 0.4) is 0 Å². The van der Waals surface area contributed by atoms with Crippen LogP contribution in [0.15, 0.2) is 83.4 Å². The normalized spacial score (nSPS) is 12.6. The summed E-state index contributed by atoms with van der Waals surface area (Å²) in [4.78, 5) is 5.06. The molecule has 0 radical (unpaired) electrons. The van der Waals surface area contributed by atoms with E-state index in [2.05, 4.69) is 139 Å². The number of benzene rings is 3. The molecular formula is C36H37N2O+. The highest BCUT2D eigenvalue weighted by Gasteiger charge is 2.24. The molecule has 0 atom stereocenters. The molecule has 3 aromatic heterocycles. The second-order valence-electron chi connectivity index (χ2n) is 13.0. The summed E-state index contributed by atoms with van der Waals surface area (Å²) < 4.78 is 8.92. The standard InChI is InChI=1S/C36H37N2O/c1-22-13-15-28-27-16-14-24(26-19-31(35(2,3)4)37-32(20-26)36(5,6)7)18-30(27)39-34(28)33(22)29-17-23-11-9-10-12-25(23)21-38(29)8/h9-21H,1-8H3/q+1. The Labute approximate surface area is 231 Å². The van der Waals surface area contributed by atoms with Crippen molar-refractivity contribution in [3.05, 3.63) is 95.9 Å². The molecule has 3 heteroatoms. The molecule has 6 aromatic rings. The molecule has 3 nitrogen and oxygen atoms in total. The lowest BCUT2D eigenvalue weighted by molar-refractivity contribution is -0.659. The molecule has 0 bridgehead atoms. The van der Waals surface area contributed by atoms with Crippen LogP contribution in [0.4, 0.5) is 0 Å². The Balaban J connectivity index is 1.57. The molecule has 6 rings (SSSR count). The molecular weight excluding hydrogens is 476 g/mol. The summed E-state index contributed by atoms with van der Waals surface area (Å²) in [5.41, 5.74) is 9.80. The van der Waals surface area contributed by atoms with E-state index in [1.54, 1.807) is 0 Å². The van der Waals surface area contributed by atoms with Crippen LogP contribution in [-0.4, -0.2) is 4.98 Å². The molecule has 0 aliphatic rings. The van der Waals surface area contributed by atoms with Gasteiger partial charge < -0.3 is 4.42 Å². The zero-order valence-corrected chi connectivity index (χ0v) is 24.3. The topological polar surface area (TPSA) is 29.9 Å². The molecule has 196 valence electrons. The highest BCUT2D eigenvalue weighted by molar-refractivity contribution is 6.10. The highest BCUT2D eigenvalue weighted by atomic mass is 16.3. The van der Waals surface area contributed by atoms with Crippen molar-refractivity contribution in [3.8, 4) is 22.4 Å². The average Bonchev–Trinajstić information content (AvgIpc) is 3.25. The quantitative estimate of drug-likeness (QED) is 0.216. The fourth-order valence-corrected chi connectivity index (χ4v) is 5.44. The monoisotopic (exact) mass is 513 g/mol. The molecule has 3 heterocycles. The van der Waals surface area contributed by atoms with Crippen LogP contribution in [0.2, 0.25) is 0 Å². The van der Waals surface area contributed by atoms with Crippen molar-refractivity contribution < 1.29 is 8.98 Å². The number of fused-ring (bicyclic) bond motifs is 4. The van der Waals surface area contributed by atoms with Crippen LogP contribution in [0, 0.1) is 6.92 Å². The number of nitrogens with zero attached hydrogens (tertiary/aromatic N) is 2. The van der Waals surface area contributed by atoms with Crippen LogP contribution in [0.1, 0.15) is 58.5 Å². The Morgan fingerprint density at radius 1 is 0.692 bits per heavy atom. The summed E-state index contributed by atoms with van der Waals surface area (Å²) in [7, 11) is 2.11. The van der Waals surface area contributed by atoms with E-state index < -0.39 is 0 Å². The number of hydrogen-bond acceptors (Lipinski definition) is 2. The Kier molecular flexibility index (Phi) is 5.69. The molecule has 3 aromatic carbocycles. The van der Waals surface area contributed by atoms with E-state index in [9.17, 15) is 0 Å². The third-order valence-electron chi connectivity index (χ3n) is 7.80. The van der Waals surface area contributed by atoms with Crippen LogP contribution in [0.5, 0.6) is 0 Å². The second-order valence-corrected chi connectivity index (χ2v) is 13.0. The van der Waals surface area contributed by atoms with Gasteiger partial charge in [-0.3, -0.25) is 4.98 Å². The first kappa shape index (κ1) is 25.3. The van der Waals surface area contributed by atoms with E-state index in [-0.39, 0.29) is 10.8 Å². The van der Waals surface area contributed by atoms with Crippen molar-refractivity contribution in [2.45, 2.75) is 59.3 Å². The van der Waals surface area contributed by atoms with Gasteiger partial charge in [-0.15, -0.1) is 0 Å². The molecule has 0 unspecified atom stereocenters. The first-order valence-corrected chi connectivity index (χ1v) is 13.8. The fourth-order valence-electron chi connectivity index (χ4n) is 5.44. The van der Waals surface area contributed by atoms with Crippen molar-refractivity contribution in [2.75, 3.05) is 0 Å². The molecule has 0 fully saturated rings.